The summed E-state index contributed by atoms with van der Waals surface area (Å²) in [4.78, 5) is 23.0. The van der Waals surface area contributed by atoms with Gasteiger partial charge in [-0.15, -0.1) is 0 Å². The molecular weight excluding hydrogens is 440 g/mol. The minimum atomic E-state index is 0.0565. The first-order chi connectivity index (χ1) is 17.2. The number of carbonyl (C=O) groups is 1. The monoisotopic (exact) mass is 476 g/mol. The lowest BCUT2D eigenvalue weighted by atomic mass is 9.77. The van der Waals surface area contributed by atoms with Crippen LogP contribution in [-0.4, -0.2) is 50.4 Å². The van der Waals surface area contributed by atoms with Crippen molar-refractivity contribution in [3.63, 3.8) is 0 Å². The topological polar surface area (TPSA) is 66.9 Å². The molecule has 3 heterocycles. The fourth-order valence-electron chi connectivity index (χ4n) is 6.24. The number of ether oxygens (including phenoxy) is 2. The van der Waals surface area contributed by atoms with Gasteiger partial charge in [0.05, 0.1) is 37.2 Å². The molecule has 0 spiro atoms. The highest BCUT2D eigenvalue weighted by atomic mass is 16.5. The molecule has 2 aromatic rings. The van der Waals surface area contributed by atoms with E-state index in [1.165, 1.54) is 12.8 Å². The molecule has 1 saturated heterocycles. The molecule has 0 bridgehead atoms. The molecule has 4 aliphatic rings. The average Bonchev–Trinajstić information content (AvgIpc) is 3.76. The Labute approximate surface area is 207 Å². The summed E-state index contributed by atoms with van der Waals surface area (Å²) in [7, 11) is 1.86. The van der Waals surface area contributed by atoms with Gasteiger partial charge in [-0.25, -0.2) is 4.98 Å². The van der Waals surface area contributed by atoms with Crippen molar-refractivity contribution < 1.29 is 14.3 Å². The molecule has 2 saturated carbocycles. The van der Waals surface area contributed by atoms with Gasteiger partial charge in [0.15, 0.2) is 0 Å². The summed E-state index contributed by atoms with van der Waals surface area (Å²) >= 11 is 0. The Hall–Kier alpha value is -2.64. The largest absolute Gasteiger partial charge is 0.381 e. The maximum absolute atomic E-state index is 14.1. The van der Waals surface area contributed by atoms with Crippen LogP contribution < -0.4 is 15.1 Å². The molecule has 1 N–H and O–H groups in total. The van der Waals surface area contributed by atoms with Crippen LogP contribution in [0.3, 0.4) is 0 Å². The Morgan fingerprint density at radius 3 is 2.54 bits per heavy atom. The number of carbonyl (C=O) groups excluding carboxylic acids is 1. The number of pyridine rings is 1. The number of amides is 1. The molecule has 0 radical (unpaired) electrons. The van der Waals surface area contributed by atoms with Crippen LogP contribution in [0.5, 0.6) is 0 Å². The molecule has 2 aliphatic carbocycles. The maximum Gasteiger partial charge on any atom is 0.230 e. The smallest absolute Gasteiger partial charge is 0.230 e. The number of hydrogen-bond acceptors (Lipinski definition) is 6. The SMILES string of the molecule is CO[C@@H](C1CC1)[C@H]1CC[C@H](C(=O)N2Cc3cccnc3Nc3ccc(N4CCOCC4)cc32)CC1. The lowest BCUT2D eigenvalue weighted by Gasteiger charge is -2.35. The van der Waals surface area contributed by atoms with Crippen LogP contribution in [-0.2, 0) is 20.8 Å². The van der Waals surface area contributed by atoms with Gasteiger partial charge >= 0.3 is 0 Å². The van der Waals surface area contributed by atoms with Crippen LogP contribution in [0.25, 0.3) is 0 Å². The normalized spacial score (nSPS) is 25.2. The Kier molecular flexibility index (Phi) is 6.37. The first-order valence-corrected chi connectivity index (χ1v) is 13.2. The number of nitrogens with one attached hydrogen (secondary N) is 1. The van der Waals surface area contributed by atoms with Crippen molar-refractivity contribution in [2.24, 2.45) is 17.8 Å². The molecule has 35 heavy (non-hydrogen) atoms. The summed E-state index contributed by atoms with van der Waals surface area (Å²) in [6.07, 6.45) is 8.83. The molecular formula is C28H36N4O3. The highest BCUT2D eigenvalue weighted by Crippen LogP contribution is 2.44. The summed E-state index contributed by atoms with van der Waals surface area (Å²) in [6, 6.07) is 10.4. The van der Waals surface area contributed by atoms with Crippen molar-refractivity contribution in [1.82, 2.24) is 4.98 Å². The van der Waals surface area contributed by atoms with E-state index in [4.69, 9.17) is 9.47 Å². The van der Waals surface area contributed by atoms with Gasteiger partial charge < -0.3 is 24.6 Å². The minimum absolute atomic E-state index is 0.0565. The predicted octanol–water partition coefficient (Wildman–Crippen LogP) is 4.74. The van der Waals surface area contributed by atoms with Crippen LogP contribution in [0.2, 0.25) is 0 Å². The number of rotatable bonds is 5. The van der Waals surface area contributed by atoms with Gasteiger partial charge in [-0.1, -0.05) is 6.07 Å². The van der Waals surface area contributed by atoms with Gasteiger partial charge in [-0.2, -0.15) is 0 Å². The van der Waals surface area contributed by atoms with Crippen LogP contribution in [0, 0.1) is 17.8 Å². The van der Waals surface area contributed by atoms with Gasteiger partial charge in [0.1, 0.15) is 5.82 Å². The number of methoxy groups -OCH3 is 1. The molecule has 3 fully saturated rings. The summed E-state index contributed by atoms with van der Waals surface area (Å²) in [5, 5.41) is 3.51. The molecule has 1 atom stereocenters. The third kappa shape index (κ3) is 4.64. The van der Waals surface area contributed by atoms with E-state index < -0.39 is 0 Å². The van der Waals surface area contributed by atoms with Gasteiger partial charge in [0.25, 0.3) is 0 Å². The standard InChI is InChI=1S/C28H36N4O3/c1-34-26(19-4-5-19)20-6-8-21(9-7-20)28(33)32-18-22-3-2-12-29-27(22)30-24-11-10-23(17-25(24)32)31-13-15-35-16-14-31/h2-3,10-12,17,19-21,26H,4-9,13-16,18H2,1H3,(H,29,30)/t20-,21-,26-/m0/s1. The van der Waals surface area contributed by atoms with Crippen LogP contribution in [0.4, 0.5) is 22.9 Å². The quantitative estimate of drug-likeness (QED) is 0.672. The third-order valence-corrected chi connectivity index (χ3v) is 8.33. The Balaban J connectivity index is 1.27. The van der Waals surface area contributed by atoms with Crippen LogP contribution >= 0.6 is 0 Å². The molecule has 7 nitrogen and oxygen atoms in total. The molecule has 1 aromatic heterocycles. The maximum atomic E-state index is 14.1. The van der Waals surface area contributed by atoms with Gasteiger partial charge in [0, 0.05) is 43.6 Å². The molecule has 186 valence electrons. The molecule has 6 rings (SSSR count). The van der Waals surface area contributed by atoms with Crippen molar-refractivity contribution in [2.45, 2.75) is 51.2 Å². The number of anilines is 4. The predicted molar refractivity (Wildman–Crippen MR) is 137 cm³/mol. The molecule has 0 unspecified atom stereocenters. The number of fused-ring (bicyclic) bond motifs is 2. The minimum Gasteiger partial charge on any atom is -0.381 e. The second-order valence-corrected chi connectivity index (χ2v) is 10.5. The number of hydrogen-bond donors (Lipinski definition) is 1. The van der Waals surface area contributed by atoms with Crippen molar-refractivity contribution in [1.29, 1.82) is 0 Å². The zero-order valence-electron chi connectivity index (χ0n) is 20.6. The zero-order chi connectivity index (χ0) is 23.8. The van der Waals surface area contributed by atoms with E-state index in [0.717, 1.165) is 86.3 Å². The summed E-state index contributed by atoms with van der Waals surface area (Å²) in [5.41, 5.74) is 4.08. The second-order valence-electron chi connectivity index (χ2n) is 10.5. The van der Waals surface area contributed by atoms with E-state index in [0.29, 0.717) is 18.6 Å². The number of aromatic nitrogens is 1. The lowest BCUT2D eigenvalue weighted by molar-refractivity contribution is -0.124. The van der Waals surface area contributed by atoms with E-state index in [9.17, 15) is 4.79 Å². The van der Waals surface area contributed by atoms with Crippen molar-refractivity contribution in [2.75, 3.05) is 48.5 Å². The van der Waals surface area contributed by atoms with Gasteiger partial charge in [-0.05, 0) is 74.6 Å². The first-order valence-electron chi connectivity index (χ1n) is 13.2. The summed E-state index contributed by atoms with van der Waals surface area (Å²) < 4.78 is 11.4. The number of morpholine rings is 1. The van der Waals surface area contributed by atoms with Crippen LogP contribution in [0.15, 0.2) is 36.5 Å². The third-order valence-electron chi connectivity index (χ3n) is 8.33. The molecule has 2 aliphatic heterocycles. The Morgan fingerprint density at radius 1 is 1.09 bits per heavy atom. The van der Waals surface area contributed by atoms with Crippen molar-refractivity contribution >= 4 is 28.8 Å². The van der Waals surface area contributed by atoms with E-state index in [1.54, 1.807) is 6.20 Å². The number of nitrogens with zero attached hydrogens (tertiary/aromatic N) is 3. The molecule has 1 amide bonds. The summed E-state index contributed by atoms with van der Waals surface area (Å²) in [5.74, 6) is 2.46. The van der Waals surface area contributed by atoms with Crippen molar-refractivity contribution in [3.8, 4) is 0 Å². The van der Waals surface area contributed by atoms with E-state index in [1.807, 2.05) is 18.1 Å². The number of benzene rings is 1. The molecule has 1 aromatic carbocycles. The lowest BCUT2D eigenvalue weighted by Crippen LogP contribution is -2.39. The average molecular weight is 477 g/mol. The Bertz CT molecular complexity index is 1060. The fraction of sp³-hybridized carbons (Fsp3) is 0.571. The first kappa shape index (κ1) is 22.8. The van der Waals surface area contributed by atoms with Crippen molar-refractivity contribution in [3.05, 3.63) is 42.1 Å². The van der Waals surface area contributed by atoms with E-state index in [2.05, 4.69) is 39.5 Å². The molecule has 7 heteroatoms. The second kappa shape index (κ2) is 9.78. The van der Waals surface area contributed by atoms with E-state index >= 15 is 0 Å². The zero-order valence-corrected chi connectivity index (χ0v) is 20.6. The highest BCUT2D eigenvalue weighted by Gasteiger charge is 2.40. The Morgan fingerprint density at radius 2 is 1.83 bits per heavy atom. The van der Waals surface area contributed by atoms with E-state index in [-0.39, 0.29) is 11.8 Å². The van der Waals surface area contributed by atoms with Gasteiger partial charge in [0.2, 0.25) is 5.91 Å². The van der Waals surface area contributed by atoms with Gasteiger partial charge in [-0.3, -0.25) is 4.79 Å². The summed E-state index contributed by atoms with van der Waals surface area (Å²) in [6.45, 7) is 3.75. The van der Waals surface area contributed by atoms with Crippen LogP contribution in [0.1, 0.15) is 44.1 Å². The highest BCUT2D eigenvalue weighted by molar-refractivity contribution is 6.00. The fourth-order valence-corrected chi connectivity index (χ4v) is 6.24.